The molecule has 1 rings (SSSR count). The van der Waals surface area contributed by atoms with Crippen molar-refractivity contribution in [2.45, 2.75) is 19.8 Å². The number of aldehydes is 1. The van der Waals surface area contributed by atoms with E-state index in [1.54, 1.807) is 7.11 Å². The number of hydrogen-bond acceptors (Lipinski definition) is 3. The van der Waals surface area contributed by atoms with Crippen LogP contribution in [0.4, 0.5) is 0 Å². The first-order valence-electron chi connectivity index (χ1n) is 5.24. The average molecular weight is 220 g/mol. The van der Waals surface area contributed by atoms with Gasteiger partial charge in [0.05, 0.1) is 7.11 Å². The van der Waals surface area contributed by atoms with Crippen molar-refractivity contribution >= 4 is 12.1 Å². The Balaban J connectivity index is 2.69. The highest BCUT2D eigenvalue weighted by Crippen LogP contribution is 2.16. The molecule has 0 fully saturated rings. The Kier molecular flexibility index (Phi) is 4.70. The van der Waals surface area contributed by atoms with E-state index in [4.69, 9.17) is 4.74 Å². The number of ether oxygens (including phenoxy) is 1. The minimum Gasteiger partial charge on any atom is -0.497 e. The molecule has 0 radical (unpaired) electrons. The molecule has 0 aromatic heterocycles. The summed E-state index contributed by atoms with van der Waals surface area (Å²) in [5.74, 6) is 0.646. The molecule has 1 aromatic carbocycles. The van der Waals surface area contributed by atoms with E-state index in [-0.39, 0.29) is 11.7 Å². The van der Waals surface area contributed by atoms with Gasteiger partial charge in [0.25, 0.3) is 0 Å². The van der Waals surface area contributed by atoms with Crippen LogP contribution in [0.15, 0.2) is 24.3 Å². The van der Waals surface area contributed by atoms with E-state index in [0.29, 0.717) is 12.8 Å². The number of Topliss-reactive ketones (excluding diaryl/α,β-unsaturated/α-hetero) is 1. The predicted octanol–water partition coefficient (Wildman–Crippen LogP) is 2.03. The van der Waals surface area contributed by atoms with Crippen molar-refractivity contribution < 1.29 is 14.3 Å². The van der Waals surface area contributed by atoms with Crippen molar-refractivity contribution in [3.63, 3.8) is 0 Å². The maximum Gasteiger partial charge on any atom is 0.133 e. The number of rotatable bonds is 6. The summed E-state index contributed by atoms with van der Waals surface area (Å²) in [5, 5.41) is 0. The molecule has 0 spiro atoms. The van der Waals surface area contributed by atoms with Crippen molar-refractivity contribution in [1.29, 1.82) is 0 Å². The minimum atomic E-state index is -0.203. The summed E-state index contributed by atoms with van der Waals surface area (Å²) in [6.07, 6.45) is 1.70. The fraction of sp³-hybridized carbons (Fsp3) is 0.385. The zero-order valence-electron chi connectivity index (χ0n) is 9.60. The molecule has 3 nitrogen and oxygen atoms in total. The van der Waals surface area contributed by atoms with E-state index >= 15 is 0 Å². The van der Waals surface area contributed by atoms with Crippen LogP contribution in [0.2, 0.25) is 0 Å². The second kappa shape index (κ2) is 6.05. The minimum absolute atomic E-state index is 0.0583. The third kappa shape index (κ3) is 3.50. The van der Waals surface area contributed by atoms with Crippen LogP contribution in [0.25, 0.3) is 0 Å². The lowest BCUT2D eigenvalue weighted by atomic mass is 9.93. The van der Waals surface area contributed by atoms with E-state index in [1.165, 1.54) is 6.92 Å². The molecule has 0 saturated heterocycles. The van der Waals surface area contributed by atoms with Crippen LogP contribution in [0.5, 0.6) is 5.75 Å². The third-order valence-electron chi connectivity index (χ3n) is 2.60. The maximum atomic E-state index is 11.3. The molecule has 0 saturated carbocycles. The van der Waals surface area contributed by atoms with Crippen LogP contribution >= 0.6 is 0 Å². The van der Waals surface area contributed by atoms with Crippen LogP contribution in [0.3, 0.4) is 0 Å². The van der Waals surface area contributed by atoms with Gasteiger partial charge in [0.2, 0.25) is 0 Å². The lowest BCUT2D eigenvalue weighted by Crippen LogP contribution is -2.14. The van der Waals surface area contributed by atoms with Gasteiger partial charge in [-0.3, -0.25) is 4.79 Å². The molecule has 0 amide bonds. The highest BCUT2D eigenvalue weighted by atomic mass is 16.5. The van der Waals surface area contributed by atoms with Gasteiger partial charge in [0.15, 0.2) is 0 Å². The Bertz CT molecular complexity index is 354. The molecule has 0 bridgehead atoms. The van der Waals surface area contributed by atoms with Crippen molar-refractivity contribution in [3.8, 4) is 5.75 Å². The molecule has 0 aliphatic rings. The smallest absolute Gasteiger partial charge is 0.133 e. The van der Waals surface area contributed by atoms with Gasteiger partial charge >= 0.3 is 0 Å². The Labute approximate surface area is 95.4 Å². The second-order valence-electron chi connectivity index (χ2n) is 3.76. The van der Waals surface area contributed by atoms with Gasteiger partial charge in [-0.2, -0.15) is 0 Å². The first kappa shape index (κ1) is 12.4. The van der Waals surface area contributed by atoms with E-state index in [0.717, 1.165) is 17.6 Å². The van der Waals surface area contributed by atoms with Crippen molar-refractivity contribution in [1.82, 2.24) is 0 Å². The van der Waals surface area contributed by atoms with Crippen LogP contribution in [0.1, 0.15) is 18.9 Å². The Morgan fingerprint density at radius 1 is 1.38 bits per heavy atom. The number of methoxy groups -OCH3 is 1. The molecule has 3 heteroatoms. The van der Waals surface area contributed by atoms with Crippen LogP contribution in [-0.4, -0.2) is 19.2 Å². The van der Waals surface area contributed by atoms with E-state index < -0.39 is 0 Å². The fourth-order valence-electron chi connectivity index (χ4n) is 1.56. The van der Waals surface area contributed by atoms with Gasteiger partial charge in [-0.1, -0.05) is 12.1 Å². The number of benzene rings is 1. The van der Waals surface area contributed by atoms with Gasteiger partial charge in [0.1, 0.15) is 17.8 Å². The lowest BCUT2D eigenvalue weighted by molar-refractivity contribution is -0.123. The number of ketones is 1. The summed E-state index contributed by atoms with van der Waals surface area (Å²) in [6, 6.07) is 7.54. The van der Waals surface area contributed by atoms with Crippen LogP contribution < -0.4 is 4.74 Å². The molecular weight excluding hydrogens is 204 g/mol. The average Bonchev–Trinajstić information content (AvgIpc) is 2.29. The number of carbonyl (C=O) groups is 2. The Hall–Kier alpha value is -1.64. The normalized spacial score (nSPS) is 11.9. The predicted molar refractivity (Wildman–Crippen MR) is 61.6 cm³/mol. The van der Waals surface area contributed by atoms with E-state index in [1.807, 2.05) is 24.3 Å². The highest BCUT2D eigenvalue weighted by Gasteiger charge is 2.14. The molecule has 0 aliphatic carbocycles. The maximum absolute atomic E-state index is 11.3. The summed E-state index contributed by atoms with van der Waals surface area (Å²) < 4.78 is 5.05. The zero-order chi connectivity index (χ0) is 12.0. The number of carbonyl (C=O) groups excluding carboxylic acids is 2. The molecular formula is C13H16O3. The topological polar surface area (TPSA) is 43.4 Å². The third-order valence-corrected chi connectivity index (χ3v) is 2.60. The van der Waals surface area contributed by atoms with Gasteiger partial charge < -0.3 is 9.53 Å². The first-order valence-corrected chi connectivity index (χ1v) is 5.24. The second-order valence-corrected chi connectivity index (χ2v) is 3.76. The van der Waals surface area contributed by atoms with Gasteiger partial charge in [0, 0.05) is 12.3 Å². The summed E-state index contributed by atoms with van der Waals surface area (Å²) in [4.78, 5) is 21.7. The molecule has 86 valence electrons. The molecule has 1 unspecified atom stereocenters. The van der Waals surface area contributed by atoms with Crippen molar-refractivity contribution in [2.75, 3.05) is 7.11 Å². The summed E-state index contributed by atoms with van der Waals surface area (Å²) in [7, 11) is 1.61. The zero-order valence-corrected chi connectivity index (χ0v) is 9.60. The number of hydrogen-bond donors (Lipinski definition) is 0. The van der Waals surface area contributed by atoms with Crippen LogP contribution in [-0.2, 0) is 16.0 Å². The molecule has 16 heavy (non-hydrogen) atoms. The molecule has 0 N–H and O–H groups in total. The molecule has 1 atom stereocenters. The Morgan fingerprint density at radius 3 is 2.44 bits per heavy atom. The standard InChI is InChI=1S/C13H16O3/c1-10(15)12(7-8-14)9-11-3-5-13(16-2)6-4-11/h3-6,8,12H,7,9H2,1-2H3. The summed E-state index contributed by atoms with van der Waals surface area (Å²) in [6.45, 7) is 1.53. The quantitative estimate of drug-likeness (QED) is 0.689. The van der Waals surface area contributed by atoms with Gasteiger partial charge in [-0.15, -0.1) is 0 Å². The summed E-state index contributed by atoms with van der Waals surface area (Å²) in [5.41, 5.74) is 1.04. The SMILES string of the molecule is COc1ccc(CC(CC=O)C(C)=O)cc1. The van der Waals surface area contributed by atoms with E-state index in [9.17, 15) is 9.59 Å². The summed E-state index contributed by atoms with van der Waals surface area (Å²) >= 11 is 0. The molecule has 0 heterocycles. The van der Waals surface area contributed by atoms with Crippen molar-refractivity contribution in [3.05, 3.63) is 29.8 Å². The fourth-order valence-corrected chi connectivity index (χ4v) is 1.56. The largest absolute Gasteiger partial charge is 0.497 e. The van der Waals surface area contributed by atoms with Crippen LogP contribution in [0, 0.1) is 5.92 Å². The first-order chi connectivity index (χ1) is 7.67. The molecule has 1 aromatic rings. The van der Waals surface area contributed by atoms with Gasteiger partial charge in [-0.05, 0) is 31.0 Å². The van der Waals surface area contributed by atoms with Crippen molar-refractivity contribution in [2.24, 2.45) is 5.92 Å². The monoisotopic (exact) mass is 220 g/mol. The van der Waals surface area contributed by atoms with E-state index in [2.05, 4.69) is 0 Å². The Morgan fingerprint density at radius 2 is 2.00 bits per heavy atom. The highest BCUT2D eigenvalue weighted by molar-refractivity contribution is 5.80. The molecule has 0 aliphatic heterocycles. The van der Waals surface area contributed by atoms with Gasteiger partial charge in [-0.25, -0.2) is 0 Å². The lowest BCUT2D eigenvalue weighted by Gasteiger charge is -2.10.